The molecule has 0 bridgehead atoms. The molecular formula is C19H33N3O. The molecular weight excluding hydrogens is 286 g/mol. The lowest BCUT2D eigenvalue weighted by Gasteiger charge is -2.18. The summed E-state index contributed by atoms with van der Waals surface area (Å²) >= 11 is 0. The molecule has 4 heteroatoms. The fourth-order valence-electron chi connectivity index (χ4n) is 2.23. The van der Waals surface area contributed by atoms with Crippen LogP contribution < -0.4 is 10.6 Å². The Bertz CT molecular complexity index is 432. The van der Waals surface area contributed by atoms with Crippen molar-refractivity contribution in [3.05, 3.63) is 35.9 Å². The molecule has 0 fully saturated rings. The van der Waals surface area contributed by atoms with Crippen molar-refractivity contribution in [2.45, 2.75) is 59.1 Å². The zero-order chi connectivity index (χ0) is 16.9. The van der Waals surface area contributed by atoms with Gasteiger partial charge in [-0.25, -0.2) is 0 Å². The molecule has 1 rings (SSSR count). The fourth-order valence-corrected chi connectivity index (χ4v) is 2.23. The number of aliphatic imine (C=N–C) groups is 1. The third-order valence-corrected chi connectivity index (χ3v) is 3.46. The Kier molecular flexibility index (Phi) is 10.1. The molecule has 0 saturated carbocycles. The summed E-state index contributed by atoms with van der Waals surface area (Å²) in [6.07, 6.45) is 3.41. The number of rotatable bonds is 10. The number of benzene rings is 1. The molecule has 23 heavy (non-hydrogen) atoms. The van der Waals surface area contributed by atoms with Crippen molar-refractivity contribution >= 4 is 5.96 Å². The van der Waals surface area contributed by atoms with Gasteiger partial charge in [0.2, 0.25) is 0 Å². The molecule has 1 unspecified atom stereocenters. The van der Waals surface area contributed by atoms with Gasteiger partial charge in [-0.05, 0) is 52.5 Å². The highest BCUT2D eigenvalue weighted by Crippen LogP contribution is 2.04. The van der Waals surface area contributed by atoms with E-state index in [9.17, 15) is 0 Å². The minimum absolute atomic E-state index is 0.295. The number of guanidine groups is 1. The summed E-state index contributed by atoms with van der Waals surface area (Å²) in [5.41, 5.74) is 1.38. The maximum Gasteiger partial charge on any atom is 0.191 e. The first-order valence-electron chi connectivity index (χ1n) is 8.82. The van der Waals surface area contributed by atoms with Gasteiger partial charge in [0.15, 0.2) is 5.96 Å². The highest BCUT2D eigenvalue weighted by atomic mass is 16.5. The topological polar surface area (TPSA) is 45.7 Å². The second-order valence-electron chi connectivity index (χ2n) is 6.10. The Balaban J connectivity index is 2.32. The van der Waals surface area contributed by atoms with Crippen LogP contribution in [0.1, 0.15) is 46.1 Å². The summed E-state index contributed by atoms with van der Waals surface area (Å²) in [5.74, 6) is 0.901. The molecule has 4 nitrogen and oxygen atoms in total. The van der Waals surface area contributed by atoms with Gasteiger partial charge in [-0.2, -0.15) is 0 Å². The van der Waals surface area contributed by atoms with E-state index in [4.69, 9.17) is 4.74 Å². The van der Waals surface area contributed by atoms with Crippen molar-refractivity contribution in [1.82, 2.24) is 10.6 Å². The minimum Gasteiger partial charge on any atom is -0.379 e. The summed E-state index contributed by atoms with van der Waals surface area (Å²) in [6.45, 7) is 10.8. The van der Waals surface area contributed by atoms with Crippen LogP contribution in [0.25, 0.3) is 0 Å². The van der Waals surface area contributed by atoms with Crippen molar-refractivity contribution in [3.8, 4) is 0 Å². The van der Waals surface area contributed by atoms with E-state index in [0.717, 1.165) is 44.9 Å². The molecule has 0 aliphatic heterocycles. The van der Waals surface area contributed by atoms with E-state index in [-0.39, 0.29) is 0 Å². The molecule has 1 aromatic rings. The maximum atomic E-state index is 5.54. The van der Waals surface area contributed by atoms with Gasteiger partial charge in [-0.3, -0.25) is 4.99 Å². The van der Waals surface area contributed by atoms with Crippen LogP contribution in [-0.2, 0) is 11.2 Å². The third kappa shape index (κ3) is 9.95. The van der Waals surface area contributed by atoms with Gasteiger partial charge in [-0.1, -0.05) is 30.3 Å². The van der Waals surface area contributed by atoms with Crippen molar-refractivity contribution in [2.75, 3.05) is 19.7 Å². The van der Waals surface area contributed by atoms with Crippen LogP contribution in [0.2, 0.25) is 0 Å². The average Bonchev–Trinajstić information content (AvgIpc) is 2.53. The van der Waals surface area contributed by atoms with Crippen LogP contribution >= 0.6 is 0 Å². The largest absolute Gasteiger partial charge is 0.379 e. The van der Waals surface area contributed by atoms with Gasteiger partial charge in [0.25, 0.3) is 0 Å². The summed E-state index contributed by atoms with van der Waals surface area (Å²) in [7, 11) is 0. The Morgan fingerprint density at radius 3 is 2.57 bits per heavy atom. The van der Waals surface area contributed by atoms with Gasteiger partial charge < -0.3 is 15.4 Å². The molecule has 1 atom stereocenters. The Morgan fingerprint density at radius 2 is 1.91 bits per heavy atom. The van der Waals surface area contributed by atoms with Crippen LogP contribution in [0.3, 0.4) is 0 Å². The highest BCUT2D eigenvalue weighted by molar-refractivity contribution is 5.80. The van der Waals surface area contributed by atoms with Crippen molar-refractivity contribution < 1.29 is 4.74 Å². The highest BCUT2D eigenvalue weighted by Gasteiger charge is 2.05. The first-order chi connectivity index (χ1) is 11.1. The van der Waals surface area contributed by atoms with Crippen LogP contribution in [-0.4, -0.2) is 37.8 Å². The standard InChI is InChI=1S/C19H33N3O/c1-5-20-19(21-14-9-15-23-16(2)3)22-17(4)12-13-18-10-7-6-8-11-18/h6-8,10-11,16-17H,5,9,12-15H2,1-4H3,(H2,20,21,22). The van der Waals surface area contributed by atoms with Crippen LogP contribution in [0.15, 0.2) is 35.3 Å². The normalized spacial score (nSPS) is 13.2. The lowest BCUT2D eigenvalue weighted by Crippen LogP contribution is -2.42. The first kappa shape index (κ1) is 19.5. The summed E-state index contributed by atoms with van der Waals surface area (Å²) in [4.78, 5) is 4.62. The lowest BCUT2D eigenvalue weighted by atomic mass is 10.1. The van der Waals surface area contributed by atoms with Crippen LogP contribution in [0.4, 0.5) is 0 Å². The summed E-state index contributed by atoms with van der Waals surface area (Å²) in [6, 6.07) is 11.0. The third-order valence-electron chi connectivity index (χ3n) is 3.46. The maximum absolute atomic E-state index is 5.54. The van der Waals surface area contributed by atoms with E-state index in [1.165, 1.54) is 5.56 Å². The Hall–Kier alpha value is -1.55. The summed E-state index contributed by atoms with van der Waals surface area (Å²) < 4.78 is 5.54. The van der Waals surface area contributed by atoms with E-state index >= 15 is 0 Å². The minimum atomic E-state index is 0.295. The number of hydrogen-bond donors (Lipinski definition) is 2. The van der Waals surface area contributed by atoms with Gasteiger partial charge in [-0.15, -0.1) is 0 Å². The second kappa shape index (κ2) is 11.9. The smallest absolute Gasteiger partial charge is 0.191 e. The number of nitrogens with one attached hydrogen (secondary N) is 2. The van der Waals surface area contributed by atoms with Crippen LogP contribution in [0, 0.1) is 0 Å². The molecule has 0 aliphatic carbocycles. The van der Waals surface area contributed by atoms with Gasteiger partial charge in [0.1, 0.15) is 0 Å². The van der Waals surface area contributed by atoms with Crippen LogP contribution in [0.5, 0.6) is 0 Å². The molecule has 1 aromatic carbocycles. The Morgan fingerprint density at radius 1 is 1.17 bits per heavy atom. The lowest BCUT2D eigenvalue weighted by molar-refractivity contribution is 0.0782. The van der Waals surface area contributed by atoms with E-state index in [2.05, 4.69) is 73.7 Å². The quantitative estimate of drug-likeness (QED) is 0.395. The zero-order valence-corrected chi connectivity index (χ0v) is 15.1. The van der Waals surface area contributed by atoms with Crippen molar-refractivity contribution in [3.63, 3.8) is 0 Å². The monoisotopic (exact) mass is 319 g/mol. The first-order valence-corrected chi connectivity index (χ1v) is 8.82. The van der Waals surface area contributed by atoms with Gasteiger partial charge in [0.05, 0.1) is 6.10 Å². The molecule has 0 radical (unpaired) electrons. The molecule has 0 spiro atoms. The second-order valence-corrected chi connectivity index (χ2v) is 6.10. The van der Waals surface area contributed by atoms with E-state index in [1.54, 1.807) is 0 Å². The molecule has 2 N–H and O–H groups in total. The SMILES string of the molecule is CCNC(=NCCCOC(C)C)NC(C)CCc1ccccc1. The summed E-state index contributed by atoms with van der Waals surface area (Å²) in [5, 5.41) is 6.80. The molecule has 0 aromatic heterocycles. The number of aryl methyl sites for hydroxylation is 1. The fraction of sp³-hybridized carbons (Fsp3) is 0.632. The molecule has 0 saturated heterocycles. The molecule has 0 aliphatic rings. The van der Waals surface area contributed by atoms with Gasteiger partial charge in [0, 0.05) is 25.7 Å². The average molecular weight is 319 g/mol. The molecule has 130 valence electrons. The van der Waals surface area contributed by atoms with E-state index < -0.39 is 0 Å². The van der Waals surface area contributed by atoms with Crippen molar-refractivity contribution in [2.24, 2.45) is 4.99 Å². The Labute approximate surface area is 141 Å². The van der Waals surface area contributed by atoms with E-state index in [0.29, 0.717) is 12.1 Å². The molecule has 0 amide bonds. The predicted molar refractivity (Wildman–Crippen MR) is 99.0 cm³/mol. The van der Waals surface area contributed by atoms with Gasteiger partial charge >= 0.3 is 0 Å². The zero-order valence-electron chi connectivity index (χ0n) is 15.1. The number of nitrogens with zero attached hydrogens (tertiary/aromatic N) is 1. The predicted octanol–water partition coefficient (Wildman–Crippen LogP) is 3.38. The molecule has 0 heterocycles. The number of ether oxygens (including phenoxy) is 1. The number of hydrogen-bond acceptors (Lipinski definition) is 2. The van der Waals surface area contributed by atoms with Crippen molar-refractivity contribution in [1.29, 1.82) is 0 Å². The van der Waals surface area contributed by atoms with E-state index in [1.807, 2.05) is 0 Å².